The number of fused-ring (bicyclic) bond motifs is 1. The van der Waals surface area contributed by atoms with Crippen molar-refractivity contribution in [2.24, 2.45) is 0 Å². The lowest BCUT2D eigenvalue weighted by atomic mass is 10.1. The number of hydrogen-bond acceptors (Lipinski definition) is 3. The van der Waals surface area contributed by atoms with Gasteiger partial charge in [0.25, 0.3) is 0 Å². The molecule has 0 aliphatic heterocycles. The van der Waals surface area contributed by atoms with E-state index in [0.29, 0.717) is 11.4 Å². The van der Waals surface area contributed by atoms with Gasteiger partial charge in [0.1, 0.15) is 11.5 Å². The van der Waals surface area contributed by atoms with E-state index in [-0.39, 0.29) is 16.6 Å². The average molecular weight is 357 g/mol. The third kappa shape index (κ3) is 3.61. The Kier molecular flexibility index (Phi) is 4.67. The summed E-state index contributed by atoms with van der Waals surface area (Å²) in [7, 11) is 1.32. The summed E-state index contributed by atoms with van der Waals surface area (Å²) in [5.41, 5.74) is 3.28. The number of nitrogens with one attached hydrogen (secondary N) is 3. The van der Waals surface area contributed by atoms with Crippen LogP contribution in [0.2, 0.25) is 0 Å². The summed E-state index contributed by atoms with van der Waals surface area (Å²) >= 11 is 5.31. The van der Waals surface area contributed by atoms with Crippen molar-refractivity contribution in [3.05, 3.63) is 59.5 Å². The SMILES string of the molecule is COC(=O)c1[nH]c2ccc(C)cc2c1NC(=S)Nc1ccc(F)cc1. The standard InChI is InChI=1S/C18H16FN3O2S/c1-10-3-8-14-13(9-10)15(16(21-14)17(23)24-2)22-18(25)20-12-6-4-11(19)5-7-12/h3-9,21H,1-2H3,(H2,20,22,25). The van der Waals surface area contributed by atoms with Crippen molar-refractivity contribution in [3.63, 3.8) is 0 Å². The van der Waals surface area contributed by atoms with Crippen LogP contribution in [0.15, 0.2) is 42.5 Å². The molecule has 0 saturated heterocycles. The molecule has 3 rings (SSSR count). The average Bonchev–Trinajstić information content (AvgIpc) is 2.94. The molecule has 0 aliphatic rings. The van der Waals surface area contributed by atoms with E-state index in [1.807, 2.05) is 25.1 Å². The fourth-order valence-electron chi connectivity index (χ4n) is 2.50. The molecule has 0 unspecified atom stereocenters. The minimum Gasteiger partial charge on any atom is -0.464 e. The van der Waals surface area contributed by atoms with Crippen LogP contribution < -0.4 is 10.6 Å². The number of thiocarbonyl (C=S) groups is 1. The van der Waals surface area contributed by atoms with Crippen molar-refractivity contribution in [2.45, 2.75) is 6.92 Å². The highest BCUT2D eigenvalue weighted by Gasteiger charge is 2.19. The zero-order valence-corrected chi connectivity index (χ0v) is 14.5. The van der Waals surface area contributed by atoms with Crippen LogP contribution in [0.25, 0.3) is 10.9 Å². The summed E-state index contributed by atoms with van der Waals surface area (Å²) in [6.45, 7) is 1.96. The van der Waals surface area contributed by atoms with Crippen molar-refractivity contribution >= 4 is 45.6 Å². The molecular weight excluding hydrogens is 341 g/mol. The molecule has 0 saturated carbocycles. The summed E-state index contributed by atoms with van der Waals surface area (Å²) in [5.74, 6) is -0.828. The van der Waals surface area contributed by atoms with Gasteiger partial charge in [0.15, 0.2) is 5.11 Å². The van der Waals surface area contributed by atoms with Crippen LogP contribution in [0.3, 0.4) is 0 Å². The molecule has 25 heavy (non-hydrogen) atoms. The van der Waals surface area contributed by atoms with E-state index in [9.17, 15) is 9.18 Å². The molecule has 0 bridgehead atoms. The highest BCUT2D eigenvalue weighted by molar-refractivity contribution is 7.80. The third-order valence-electron chi connectivity index (χ3n) is 3.68. The van der Waals surface area contributed by atoms with Gasteiger partial charge in [-0.3, -0.25) is 0 Å². The van der Waals surface area contributed by atoms with E-state index in [0.717, 1.165) is 16.5 Å². The van der Waals surface area contributed by atoms with Gasteiger partial charge in [-0.2, -0.15) is 0 Å². The topological polar surface area (TPSA) is 66.2 Å². The second-order valence-corrected chi connectivity index (χ2v) is 5.91. The van der Waals surface area contributed by atoms with E-state index >= 15 is 0 Å². The van der Waals surface area contributed by atoms with Crippen LogP contribution >= 0.6 is 12.2 Å². The molecule has 7 heteroatoms. The van der Waals surface area contributed by atoms with Crippen LogP contribution in [-0.4, -0.2) is 23.2 Å². The summed E-state index contributed by atoms with van der Waals surface area (Å²) in [4.78, 5) is 15.1. The summed E-state index contributed by atoms with van der Waals surface area (Å²) in [6.07, 6.45) is 0. The molecule has 3 N–H and O–H groups in total. The minimum absolute atomic E-state index is 0.277. The number of rotatable bonds is 3. The molecular formula is C18H16FN3O2S. The number of H-pyrrole nitrogens is 1. The van der Waals surface area contributed by atoms with Crippen molar-refractivity contribution in [2.75, 3.05) is 17.7 Å². The van der Waals surface area contributed by atoms with Gasteiger partial charge >= 0.3 is 5.97 Å². The van der Waals surface area contributed by atoms with Gasteiger partial charge in [0.2, 0.25) is 0 Å². The monoisotopic (exact) mass is 357 g/mol. The molecule has 0 radical (unpaired) electrons. The summed E-state index contributed by atoms with van der Waals surface area (Å²) in [6, 6.07) is 11.6. The lowest BCUT2D eigenvalue weighted by Gasteiger charge is -2.11. The number of halogens is 1. The number of aryl methyl sites for hydroxylation is 1. The van der Waals surface area contributed by atoms with Gasteiger partial charge in [0, 0.05) is 16.6 Å². The number of carbonyl (C=O) groups is 1. The lowest BCUT2D eigenvalue weighted by Crippen LogP contribution is -2.20. The van der Waals surface area contributed by atoms with Gasteiger partial charge in [-0.1, -0.05) is 11.6 Å². The van der Waals surface area contributed by atoms with E-state index in [2.05, 4.69) is 15.6 Å². The number of benzene rings is 2. The Hall–Kier alpha value is -2.93. The number of hydrogen-bond donors (Lipinski definition) is 3. The first-order chi connectivity index (χ1) is 12.0. The summed E-state index contributed by atoms with van der Waals surface area (Å²) in [5, 5.41) is 7.09. The van der Waals surface area contributed by atoms with Crippen LogP contribution in [0.1, 0.15) is 16.1 Å². The number of carbonyl (C=O) groups excluding carboxylic acids is 1. The zero-order chi connectivity index (χ0) is 18.0. The fourth-order valence-corrected chi connectivity index (χ4v) is 2.72. The predicted molar refractivity (Wildman–Crippen MR) is 101 cm³/mol. The number of ether oxygens (including phenoxy) is 1. The maximum atomic E-state index is 13.0. The first-order valence-corrected chi connectivity index (χ1v) is 7.93. The fraction of sp³-hybridized carbons (Fsp3) is 0.111. The van der Waals surface area contributed by atoms with E-state index < -0.39 is 5.97 Å². The van der Waals surface area contributed by atoms with Gasteiger partial charge in [-0.25, -0.2) is 9.18 Å². The quantitative estimate of drug-likeness (QED) is 0.484. The van der Waals surface area contributed by atoms with E-state index in [1.54, 1.807) is 12.1 Å². The largest absolute Gasteiger partial charge is 0.464 e. The number of esters is 1. The number of anilines is 2. The molecule has 0 spiro atoms. The lowest BCUT2D eigenvalue weighted by molar-refractivity contribution is 0.0596. The van der Waals surface area contributed by atoms with Crippen LogP contribution in [0.5, 0.6) is 0 Å². The molecule has 1 aromatic heterocycles. The molecule has 128 valence electrons. The predicted octanol–water partition coefficient (Wildman–Crippen LogP) is 4.21. The van der Waals surface area contributed by atoms with Crippen molar-refractivity contribution in [3.8, 4) is 0 Å². The smallest absolute Gasteiger partial charge is 0.356 e. The van der Waals surface area contributed by atoms with Gasteiger partial charge in [-0.15, -0.1) is 0 Å². The molecule has 0 atom stereocenters. The molecule has 0 fully saturated rings. The Balaban J connectivity index is 1.93. The van der Waals surface area contributed by atoms with Crippen LogP contribution in [-0.2, 0) is 4.74 Å². The van der Waals surface area contributed by atoms with Gasteiger partial charge in [-0.05, 0) is 55.5 Å². The third-order valence-corrected chi connectivity index (χ3v) is 3.89. The van der Waals surface area contributed by atoms with Crippen LogP contribution in [0, 0.1) is 12.7 Å². The minimum atomic E-state index is -0.499. The Morgan fingerprint density at radius 3 is 2.56 bits per heavy atom. The van der Waals surface area contributed by atoms with Crippen molar-refractivity contribution in [1.29, 1.82) is 0 Å². The second-order valence-electron chi connectivity index (χ2n) is 5.50. The van der Waals surface area contributed by atoms with E-state index in [1.165, 1.54) is 19.2 Å². The normalized spacial score (nSPS) is 10.5. The number of aromatic nitrogens is 1. The Morgan fingerprint density at radius 2 is 1.88 bits per heavy atom. The first-order valence-electron chi connectivity index (χ1n) is 7.52. The van der Waals surface area contributed by atoms with Crippen LogP contribution in [0.4, 0.5) is 15.8 Å². The Labute approximate surface area is 149 Å². The Morgan fingerprint density at radius 1 is 1.16 bits per heavy atom. The summed E-state index contributed by atoms with van der Waals surface area (Å²) < 4.78 is 17.8. The number of methoxy groups -OCH3 is 1. The highest BCUT2D eigenvalue weighted by Crippen LogP contribution is 2.29. The first kappa shape index (κ1) is 16.9. The maximum absolute atomic E-state index is 13.0. The van der Waals surface area contributed by atoms with Gasteiger partial charge in [0.05, 0.1) is 12.8 Å². The highest BCUT2D eigenvalue weighted by atomic mass is 32.1. The Bertz CT molecular complexity index is 951. The molecule has 5 nitrogen and oxygen atoms in total. The zero-order valence-electron chi connectivity index (χ0n) is 13.6. The second kappa shape index (κ2) is 6.90. The molecule has 3 aromatic rings. The number of aromatic amines is 1. The molecule has 1 heterocycles. The molecule has 0 amide bonds. The maximum Gasteiger partial charge on any atom is 0.356 e. The molecule has 0 aliphatic carbocycles. The van der Waals surface area contributed by atoms with Crippen molar-refractivity contribution in [1.82, 2.24) is 4.98 Å². The van der Waals surface area contributed by atoms with E-state index in [4.69, 9.17) is 17.0 Å². The molecule has 2 aromatic carbocycles. The van der Waals surface area contributed by atoms with Gasteiger partial charge < -0.3 is 20.4 Å². The van der Waals surface area contributed by atoms with Crippen molar-refractivity contribution < 1.29 is 13.9 Å².